The molecular weight excluding hydrogens is 142 g/mol. The van der Waals surface area contributed by atoms with Crippen molar-refractivity contribution in [2.75, 3.05) is 0 Å². The van der Waals surface area contributed by atoms with Gasteiger partial charge in [0, 0.05) is 0 Å². The molecule has 1 fully saturated rings. The van der Waals surface area contributed by atoms with Crippen molar-refractivity contribution in [1.29, 1.82) is 5.26 Å². The quantitative estimate of drug-likeness (QED) is 0.429. The van der Waals surface area contributed by atoms with E-state index in [4.69, 9.17) is 15.2 Å². The van der Waals surface area contributed by atoms with Gasteiger partial charge >= 0.3 is 5.97 Å². The lowest BCUT2D eigenvalue weighted by molar-refractivity contribution is -0.130. The Balaban J connectivity index is 0.000000187. The van der Waals surface area contributed by atoms with Gasteiger partial charge in [0.15, 0.2) is 6.07 Å². The molecule has 62 valence electrons. The molecular formula is C8H13NO2. The summed E-state index contributed by atoms with van der Waals surface area (Å²) in [6.45, 7) is 0. The highest BCUT2D eigenvalue weighted by atomic mass is 16.4. The molecule has 0 atom stereocenters. The Morgan fingerprint density at radius 3 is 1.36 bits per heavy atom. The second-order valence-corrected chi connectivity index (χ2v) is 2.54. The smallest absolute Gasteiger partial charge is 0.408 e. The maximum Gasteiger partial charge on any atom is 0.408 e. The van der Waals surface area contributed by atoms with Gasteiger partial charge in [0.05, 0.1) is 0 Å². The van der Waals surface area contributed by atoms with Crippen LogP contribution in [0, 0.1) is 11.3 Å². The first kappa shape index (κ1) is 9.96. The van der Waals surface area contributed by atoms with Gasteiger partial charge in [-0.3, -0.25) is 0 Å². The molecule has 1 aliphatic rings. The van der Waals surface area contributed by atoms with Crippen molar-refractivity contribution in [1.82, 2.24) is 0 Å². The van der Waals surface area contributed by atoms with Crippen molar-refractivity contribution < 1.29 is 9.90 Å². The van der Waals surface area contributed by atoms with Gasteiger partial charge in [0.25, 0.3) is 0 Å². The van der Waals surface area contributed by atoms with E-state index in [1.54, 1.807) is 0 Å². The van der Waals surface area contributed by atoms with Gasteiger partial charge in [0.2, 0.25) is 0 Å². The van der Waals surface area contributed by atoms with E-state index in [1.165, 1.54) is 38.5 Å². The van der Waals surface area contributed by atoms with Crippen molar-refractivity contribution in [3.63, 3.8) is 0 Å². The summed E-state index contributed by atoms with van der Waals surface area (Å²) in [5, 5.41) is 14.7. The van der Waals surface area contributed by atoms with E-state index in [0.717, 1.165) is 6.07 Å². The third kappa shape index (κ3) is 8.96. The number of rotatable bonds is 0. The molecule has 0 aromatic carbocycles. The zero-order valence-corrected chi connectivity index (χ0v) is 6.55. The third-order valence-corrected chi connectivity index (χ3v) is 1.60. The molecule has 0 aliphatic heterocycles. The normalized spacial score (nSPS) is 15.5. The van der Waals surface area contributed by atoms with E-state index in [9.17, 15) is 0 Å². The lowest BCUT2D eigenvalue weighted by Crippen LogP contribution is -1.85. The largest absolute Gasteiger partial charge is 0.470 e. The van der Waals surface area contributed by atoms with Gasteiger partial charge < -0.3 is 5.11 Å². The van der Waals surface area contributed by atoms with Gasteiger partial charge in [-0.05, 0) is 0 Å². The molecule has 1 saturated carbocycles. The van der Waals surface area contributed by atoms with Gasteiger partial charge in [-0.25, -0.2) is 4.79 Å². The average Bonchev–Trinajstić information content (AvgIpc) is 2.09. The molecule has 0 heterocycles. The van der Waals surface area contributed by atoms with Crippen molar-refractivity contribution >= 4 is 5.97 Å². The summed E-state index contributed by atoms with van der Waals surface area (Å²) in [7, 11) is 0. The highest BCUT2D eigenvalue weighted by molar-refractivity contribution is 5.83. The highest BCUT2D eigenvalue weighted by Gasteiger charge is 1.95. The van der Waals surface area contributed by atoms with Crippen LogP contribution in [0.25, 0.3) is 0 Å². The zero-order chi connectivity index (χ0) is 8.53. The van der Waals surface area contributed by atoms with E-state index >= 15 is 0 Å². The van der Waals surface area contributed by atoms with Crippen molar-refractivity contribution in [2.45, 2.75) is 38.5 Å². The molecule has 1 rings (SSSR count). The molecule has 0 radical (unpaired) electrons. The molecule has 0 aromatic rings. The van der Waals surface area contributed by atoms with Crippen LogP contribution in [-0.2, 0) is 4.79 Å². The Labute approximate surface area is 66.6 Å². The van der Waals surface area contributed by atoms with Gasteiger partial charge in [-0.15, -0.1) is 0 Å². The monoisotopic (exact) mass is 155 g/mol. The summed E-state index contributed by atoms with van der Waals surface area (Å²) in [5.74, 6) is -1.44. The second kappa shape index (κ2) is 7.07. The van der Waals surface area contributed by atoms with Crippen LogP contribution in [0.15, 0.2) is 0 Å². The molecule has 3 nitrogen and oxygen atoms in total. The predicted octanol–water partition coefficient (Wildman–Crippen LogP) is 1.94. The molecule has 3 heteroatoms. The standard InChI is InChI=1S/C6H12.C2HNO2/c1-2-4-6-5-3-1;3-1-2(4)5/h1-6H2;(H,4,5). The predicted molar refractivity (Wildman–Crippen MR) is 41.0 cm³/mol. The summed E-state index contributed by atoms with van der Waals surface area (Å²) in [6.07, 6.45) is 9.00. The average molecular weight is 155 g/mol. The fourth-order valence-electron chi connectivity index (χ4n) is 1.06. The van der Waals surface area contributed by atoms with Crippen LogP contribution in [0.1, 0.15) is 38.5 Å². The van der Waals surface area contributed by atoms with E-state index in [2.05, 4.69) is 0 Å². The Morgan fingerprint density at radius 2 is 1.27 bits per heavy atom. The van der Waals surface area contributed by atoms with Gasteiger partial charge in [-0.2, -0.15) is 5.26 Å². The molecule has 0 spiro atoms. The first-order chi connectivity index (χ1) is 5.27. The molecule has 0 aromatic heterocycles. The van der Waals surface area contributed by atoms with Crippen LogP contribution in [-0.4, -0.2) is 11.1 Å². The number of carboxylic acids is 1. The first-order valence-corrected chi connectivity index (χ1v) is 3.90. The molecule has 0 bridgehead atoms. The lowest BCUT2D eigenvalue weighted by Gasteiger charge is -2.05. The van der Waals surface area contributed by atoms with Crippen LogP contribution < -0.4 is 0 Å². The molecule has 1 aliphatic carbocycles. The van der Waals surface area contributed by atoms with Crippen LogP contribution in [0.3, 0.4) is 0 Å². The Kier molecular flexibility index (Phi) is 6.40. The number of carbonyl (C=O) groups is 1. The number of aliphatic carboxylic acids is 1. The molecule has 0 amide bonds. The Hall–Kier alpha value is -1.04. The lowest BCUT2D eigenvalue weighted by atomic mass is 10.0. The second-order valence-electron chi connectivity index (χ2n) is 2.54. The van der Waals surface area contributed by atoms with Gasteiger partial charge in [0.1, 0.15) is 0 Å². The summed E-state index contributed by atoms with van der Waals surface area (Å²) in [6, 6.07) is 0.944. The fourth-order valence-corrected chi connectivity index (χ4v) is 1.06. The SMILES string of the molecule is C1CCCCC1.N#CC(=O)O. The minimum atomic E-state index is -1.44. The first-order valence-electron chi connectivity index (χ1n) is 3.90. The number of nitriles is 1. The van der Waals surface area contributed by atoms with Crippen LogP contribution in [0.4, 0.5) is 0 Å². The van der Waals surface area contributed by atoms with Crippen LogP contribution >= 0.6 is 0 Å². The number of carboxylic acid groups (broad SMARTS) is 1. The number of nitrogens with zero attached hydrogens (tertiary/aromatic N) is 1. The molecule has 0 unspecified atom stereocenters. The maximum absolute atomic E-state index is 9.01. The van der Waals surface area contributed by atoms with E-state index in [-0.39, 0.29) is 0 Å². The zero-order valence-electron chi connectivity index (χ0n) is 6.55. The molecule has 11 heavy (non-hydrogen) atoms. The summed E-state index contributed by atoms with van der Waals surface area (Å²) in [4.78, 5) is 9.01. The maximum atomic E-state index is 9.01. The van der Waals surface area contributed by atoms with E-state index in [1.807, 2.05) is 0 Å². The third-order valence-electron chi connectivity index (χ3n) is 1.60. The summed E-state index contributed by atoms with van der Waals surface area (Å²) >= 11 is 0. The number of hydrogen-bond acceptors (Lipinski definition) is 2. The van der Waals surface area contributed by atoms with Crippen molar-refractivity contribution in [2.24, 2.45) is 0 Å². The minimum Gasteiger partial charge on any atom is -0.470 e. The highest BCUT2D eigenvalue weighted by Crippen LogP contribution is 2.15. The molecule has 0 saturated heterocycles. The van der Waals surface area contributed by atoms with Gasteiger partial charge in [-0.1, -0.05) is 38.5 Å². The summed E-state index contributed by atoms with van der Waals surface area (Å²) in [5.41, 5.74) is 0. The summed E-state index contributed by atoms with van der Waals surface area (Å²) < 4.78 is 0. The van der Waals surface area contributed by atoms with Crippen LogP contribution in [0.2, 0.25) is 0 Å². The fraction of sp³-hybridized carbons (Fsp3) is 0.750. The Morgan fingerprint density at radius 1 is 1.09 bits per heavy atom. The molecule has 1 N–H and O–H groups in total. The minimum absolute atomic E-state index is 0.944. The van der Waals surface area contributed by atoms with E-state index < -0.39 is 5.97 Å². The Bertz CT molecular complexity index is 133. The van der Waals surface area contributed by atoms with E-state index in [0.29, 0.717) is 0 Å². The van der Waals surface area contributed by atoms with Crippen LogP contribution in [0.5, 0.6) is 0 Å². The van der Waals surface area contributed by atoms with Crippen molar-refractivity contribution in [3.05, 3.63) is 0 Å². The topological polar surface area (TPSA) is 61.1 Å². The number of hydrogen-bond donors (Lipinski definition) is 1. The van der Waals surface area contributed by atoms with Crippen molar-refractivity contribution in [3.8, 4) is 6.07 Å².